The highest BCUT2D eigenvalue weighted by Crippen LogP contribution is 2.35. The number of methoxy groups -OCH3 is 1. The molecular formula is C20H22O9. The fourth-order valence-electron chi connectivity index (χ4n) is 3.07. The van der Waals surface area contributed by atoms with Crippen LogP contribution in [-0.2, 0) is 4.74 Å². The maximum absolute atomic E-state index is 11.2. The zero-order valence-electron chi connectivity index (χ0n) is 15.5. The molecule has 29 heavy (non-hydrogen) atoms. The molecule has 0 radical (unpaired) electrons. The molecule has 1 aliphatic rings. The number of rotatable bonds is 6. The SMILES string of the molecule is COc1cc(-c2cccc(C(=O)O)c2)ccc1OC1OC(CO)C(O)C(O)C1O. The second-order valence-corrected chi connectivity index (χ2v) is 6.57. The summed E-state index contributed by atoms with van der Waals surface area (Å²) < 4.78 is 16.3. The van der Waals surface area contributed by atoms with Crippen LogP contribution in [0.4, 0.5) is 0 Å². The highest BCUT2D eigenvalue weighted by atomic mass is 16.7. The Labute approximate surface area is 166 Å². The number of carbonyl (C=O) groups is 1. The van der Waals surface area contributed by atoms with Crippen molar-refractivity contribution in [3.05, 3.63) is 48.0 Å². The standard InChI is InChI=1S/C20H22O9/c1-27-14-8-11(10-3-2-4-12(7-10)19(25)26)5-6-13(14)28-20-18(24)17(23)16(22)15(9-21)29-20/h2-8,15-18,20-24H,9H2,1H3,(H,25,26). The van der Waals surface area contributed by atoms with Gasteiger partial charge in [0.2, 0.25) is 6.29 Å². The van der Waals surface area contributed by atoms with Crippen LogP contribution >= 0.6 is 0 Å². The Hall–Kier alpha value is -2.69. The number of aliphatic hydroxyl groups excluding tert-OH is 4. The first-order chi connectivity index (χ1) is 13.8. The number of hydrogen-bond acceptors (Lipinski definition) is 8. The first kappa shape index (κ1) is 21.0. The van der Waals surface area contributed by atoms with Gasteiger partial charge < -0.3 is 39.7 Å². The molecule has 5 N–H and O–H groups in total. The van der Waals surface area contributed by atoms with Crippen molar-refractivity contribution in [3.63, 3.8) is 0 Å². The van der Waals surface area contributed by atoms with Gasteiger partial charge in [-0.2, -0.15) is 0 Å². The molecule has 2 aromatic rings. The molecule has 1 aliphatic heterocycles. The Bertz CT molecular complexity index is 867. The van der Waals surface area contributed by atoms with Crippen molar-refractivity contribution in [1.29, 1.82) is 0 Å². The van der Waals surface area contributed by atoms with Crippen molar-refractivity contribution in [2.24, 2.45) is 0 Å². The summed E-state index contributed by atoms with van der Waals surface area (Å²) in [5.41, 5.74) is 1.47. The van der Waals surface area contributed by atoms with Crippen LogP contribution in [-0.4, -0.2) is 75.9 Å². The van der Waals surface area contributed by atoms with Crippen molar-refractivity contribution in [2.45, 2.75) is 30.7 Å². The molecule has 9 nitrogen and oxygen atoms in total. The van der Waals surface area contributed by atoms with Gasteiger partial charge in [-0.25, -0.2) is 4.79 Å². The minimum Gasteiger partial charge on any atom is -0.493 e. The van der Waals surface area contributed by atoms with Crippen molar-refractivity contribution in [1.82, 2.24) is 0 Å². The van der Waals surface area contributed by atoms with Crippen LogP contribution in [0.2, 0.25) is 0 Å². The maximum Gasteiger partial charge on any atom is 0.335 e. The summed E-state index contributed by atoms with van der Waals surface area (Å²) in [6.07, 6.45) is -7.04. The average molecular weight is 406 g/mol. The summed E-state index contributed by atoms with van der Waals surface area (Å²) in [6, 6.07) is 11.2. The van der Waals surface area contributed by atoms with Crippen molar-refractivity contribution in [2.75, 3.05) is 13.7 Å². The van der Waals surface area contributed by atoms with Crippen LogP contribution in [0, 0.1) is 0 Å². The van der Waals surface area contributed by atoms with E-state index in [0.29, 0.717) is 11.1 Å². The van der Waals surface area contributed by atoms with Gasteiger partial charge >= 0.3 is 5.97 Å². The first-order valence-corrected chi connectivity index (χ1v) is 8.84. The fraction of sp³-hybridized carbons (Fsp3) is 0.350. The lowest BCUT2D eigenvalue weighted by molar-refractivity contribution is -0.277. The van der Waals surface area contributed by atoms with Crippen LogP contribution in [0.5, 0.6) is 11.5 Å². The lowest BCUT2D eigenvalue weighted by atomic mass is 9.99. The number of aliphatic hydroxyl groups is 4. The van der Waals surface area contributed by atoms with Gasteiger partial charge in [-0.05, 0) is 35.4 Å². The summed E-state index contributed by atoms with van der Waals surface area (Å²) in [6.45, 7) is -0.569. The number of aromatic carboxylic acids is 1. The van der Waals surface area contributed by atoms with Crippen LogP contribution in [0.25, 0.3) is 11.1 Å². The second kappa shape index (κ2) is 8.76. The molecule has 3 rings (SSSR count). The lowest BCUT2D eigenvalue weighted by Crippen LogP contribution is -2.60. The van der Waals surface area contributed by atoms with Crippen molar-refractivity contribution in [3.8, 4) is 22.6 Å². The third-order valence-electron chi connectivity index (χ3n) is 4.70. The molecule has 0 saturated carbocycles. The molecule has 156 valence electrons. The Kier molecular flexibility index (Phi) is 6.36. The third kappa shape index (κ3) is 4.34. The molecule has 0 spiro atoms. The third-order valence-corrected chi connectivity index (χ3v) is 4.70. The molecule has 0 amide bonds. The van der Waals surface area contributed by atoms with E-state index in [0.717, 1.165) is 0 Å². The van der Waals surface area contributed by atoms with Crippen LogP contribution in [0.1, 0.15) is 10.4 Å². The van der Waals surface area contributed by atoms with Gasteiger partial charge in [0, 0.05) is 0 Å². The summed E-state index contributed by atoms with van der Waals surface area (Å²) in [5, 5.41) is 48.3. The fourth-order valence-corrected chi connectivity index (χ4v) is 3.07. The predicted octanol–water partition coefficient (Wildman–Crippen LogP) is 0.239. The Morgan fingerprint density at radius 2 is 1.72 bits per heavy atom. The molecular weight excluding hydrogens is 384 g/mol. The van der Waals surface area contributed by atoms with E-state index >= 15 is 0 Å². The van der Waals surface area contributed by atoms with E-state index in [4.69, 9.17) is 19.3 Å². The van der Waals surface area contributed by atoms with E-state index in [1.165, 1.54) is 19.2 Å². The molecule has 1 fully saturated rings. The molecule has 1 saturated heterocycles. The van der Waals surface area contributed by atoms with E-state index in [2.05, 4.69) is 0 Å². The highest BCUT2D eigenvalue weighted by Gasteiger charge is 2.44. The molecule has 2 aromatic carbocycles. The predicted molar refractivity (Wildman–Crippen MR) is 99.8 cm³/mol. The van der Waals surface area contributed by atoms with E-state index in [1.807, 2.05) is 0 Å². The number of carboxylic acid groups (broad SMARTS) is 1. The number of carboxylic acids is 1. The number of benzene rings is 2. The minimum atomic E-state index is -1.56. The van der Waals surface area contributed by atoms with Gasteiger partial charge in [0.25, 0.3) is 0 Å². The topological polar surface area (TPSA) is 146 Å². The first-order valence-electron chi connectivity index (χ1n) is 8.84. The molecule has 1 heterocycles. The molecule has 5 unspecified atom stereocenters. The largest absolute Gasteiger partial charge is 0.493 e. The van der Waals surface area contributed by atoms with E-state index in [9.17, 15) is 25.2 Å². The van der Waals surface area contributed by atoms with Crippen LogP contribution in [0.3, 0.4) is 0 Å². The lowest BCUT2D eigenvalue weighted by Gasteiger charge is -2.39. The molecule has 0 aliphatic carbocycles. The highest BCUT2D eigenvalue weighted by molar-refractivity contribution is 5.89. The zero-order chi connectivity index (χ0) is 21.1. The van der Waals surface area contributed by atoms with Gasteiger partial charge in [0.15, 0.2) is 11.5 Å². The normalized spacial score (nSPS) is 26.7. The smallest absolute Gasteiger partial charge is 0.335 e. The summed E-state index contributed by atoms with van der Waals surface area (Å²) in [7, 11) is 1.41. The minimum absolute atomic E-state index is 0.142. The van der Waals surface area contributed by atoms with Gasteiger partial charge in [-0.15, -0.1) is 0 Å². The molecule has 9 heteroatoms. The van der Waals surface area contributed by atoms with E-state index < -0.39 is 43.3 Å². The monoisotopic (exact) mass is 406 g/mol. The Morgan fingerprint density at radius 1 is 1.00 bits per heavy atom. The molecule has 0 bridgehead atoms. The average Bonchev–Trinajstić information content (AvgIpc) is 2.74. The maximum atomic E-state index is 11.2. The van der Waals surface area contributed by atoms with Crippen molar-refractivity contribution >= 4 is 5.97 Å². The van der Waals surface area contributed by atoms with Gasteiger partial charge in [-0.1, -0.05) is 18.2 Å². The number of ether oxygens (including phenoxy) is 3. The summed E-state index contributed by atoms with van der Waals surface area (Å²) >= 11 is 0. The number of hydrogen-bond donors (Lipinski definition) is 5. The summed E-state index contributed by atoms with van der Waals surface area (Å²) in [4.78, 5) is 11.2. The van der Waals surface area contributed by atoms with Crippen molar-refractivity contribution < 1.29 is 44.5 Å². The van der Waals surface area contributed by atoms with E-state index in [1.54, 1.807) is 30.3 Å². The van der Waals surface area contributed by atoms with E-state index in [-0.39, 0.29) is 17.1 Å². The molecule has 0 aromatic heterocycles. The Morgan fingerprint density at radius 3 is 2.38 bits per heavy atom. The molecule has 5 atom stereocenters. The zero-order valence-corrected chi connectivity index (χ0v) is 15.5. The van der Waals surface area contributed by atoms with Crippen LogP contribution in [0.15, 0.2) is 42.5 Å². The quantitative estimate of drug-likeness (QED) is 0.455. The summed E-state index contributed by atoms with van der Waals surface area (Å²) in [5.74, 6) is -0.573. The Balaban J connectivity index is 1.86. The van der Waals surface area contributed by atoms with Crippen LogP contribution < -0.4 is 9.47 Å². The van der Waals surface area contributed by atoms with Gasteiger partial charge in [0.1, 0.15) is 24.4 Å². The van der Waals surface area contributed by atoms with Gasteiger partial charge in [0.05, 0.1) is 19.3 Å². The van der Waals surface area contributed by atoms with Gasteiger partial charge in [-0.3, -0.25) is 0 Å². The second-order valence-electron chi connectivity index (χ2n) is 6.57.